The quantitative estimate of drug-likeness (QED) is 0.602. The van der Waals surface area contributed by atoms with Crippen LogP contribution in [-0.2, 0) is 0 Å². The van der Waals surface area contributed by atoms with Crippen molar-refractivity contribution in [2.24, 2.45) is 0 Å². The predicted octanol–water partition coefficient (Wildman–Crippen LogP) is 5.05. The monoisotopic (exact) mass is 268 g/mol. The van der Waals surface area contributed by atoms with Gasteiger partial charge in [0.05, 0.1) is 6.61 Å². The topological polar surface area (TPSA) is 29.5 Å². The smallest absolute Gasteiger partial charge is 0.168 e. The number of hydrogen-bond donors (Lipinski definition) is 1. The Hall–Kier alpha value is -1.25. The molecule has 0 saturated carbocycles. The van der Waals surface area contributed by atoms with Crippen LogP contribution in [0.4, 0.5) is 4.39 Å². The fourth-order valence-corrected chi connectivity index (χ4v) is 2.00. The third-order valence-electron chi connectivity index (χ3n) is 3.19. The van der Waals surface area contributed by atoms with Crippen LogP contribution in [0.15, 0.2) is 18.2 Å². The van der Waals surface area contributed by atoms with Crippen molar-refractivity contribution in [3.63, 3.8) is 0 Å². The maximum absolute atomic E-state index is 13.0. The van der Waals surface area contributed by atoms with Crippen molar-refractivity contribution in [2.75, 3.05) is 6.61 Å². The Morgan fingerprint density at radius 2 is 1.63 bits per heavy atom. The van der Waals surface area contributed by atoms with E-state index in [2.05, 4.69) is 6.92 Å². The second kappa shape index (κ2) is 9.65. The number of ether oxygens (including phenoxy) is 1. The third kappa shape index (κ3) is 7.04. The van der Waals surface area contributed by atoms with E-state index in [4.69, 9.17) is 9.84 Å². The zero-order chi connectivity index (χ0) is 13.9. The number of aromatic hydroxyl groups is 1. The molecule has 0 unspecified atom stereocenters. The molecule has 0 aromatic heterocycles. The summed E-state index contributed by atoms with van der Waals surface area (Å²) in [6, 6.07) is 4.13. The molecule has 0 radical (unpaired) electrons. The summed E-state index contributed by atoms with van der Waals surface area (Å²) >= 11 is 0. The number of hydrogen-bond acceptors (Lipinski definition) is 2. The molecule has 0 atom stereocenters. The van der Waals surface area contributed by atoms with Crippen LogP contribution in [0, 0.1) is 5.82 Å². The number of phenols is 1. The lowest BCUT2D eigenvalue weighted by Gasteiger charge is -2.06. The van der Waals surface area contributed by atoms with Gasteiger partial charge in [-0.05, 0) is 18.6 Å². The number of phenolic OH excluding ortho intramolecular Hbond substituents is 1. The summed E-state index contributed by atoms with van der Waals surface area (Å²) in [5, 5.41) is 9.04. The van der Waals surface area contributed by atoms with E-state index < -0.39 is 5.82 Å². The minimum atomic E-state index is -0.631. The minimum absolute atomic E-state index is 0.334. The highest BCUT2D eigenvalue weighted by molar-refractivity contribution is 5.31. The first-order chi connectivity index (χ1) is 9.24. The summed E-state index contributed by atoms with van der Waals surface area (Å²) in [5.41, 5.74) is 0. The zero-order valence-electron chi connectivity index (χ0n) is 11.8. The fraction of sp³-hybridized carbons (Fsp3) is 0.625. The molecular weight excluding hydrogens is 243 g/mol. The van der Waals surface area contributed by atoms with Crippen LogP contribution in [0.2, 0.25) is 0 Å². The molecule has 0 heterocycles. The van der Waals surface area contributed by atoms with Crippen LogP contribution < -0.4 is 4.74 Å². The second-order valence-corrected chi connectivity index (χ2v) is 4.94. The Bertz CT molecular complexity index is 353. The molecule has 1 aromatic carbocycles. The summed E-state index contributed by atoms with van der Waals surface area (Å²) in [7, 11) is 0. The normalized spacial score (nSPS) is 10.6. The number of benzene rings is 1. The average molecular weight is 268 g/mol. The molecule has 2 nitrogen and oxygen atoms in total. The number of rotatable bonds is 10. The highest BCUT2D eigenvalue weighted by atomic mass is 19.1. The summed E-state index contributed by atoms with van der Waals surface area (Å²) in [4.78, 5) is 0. The van der Waals surface area contributed by atoms with Gasteiger partial charge in [0.15, 0.2) is 11.6 Å². The Morgan fingerprint density at radius 1 is 1.00 bits per heavy atom. The van der Waals surface area contributed by atoms with E-state index in [0.29, 0.717) is 12.4 Å². The van der Waals surface area contributed by atoms with Crippen LogP contribution >= 0.6 is 0 Å². The van der Waals surface area contributed by atoms with Gasteiger partial charge in [-0.25, -0.2) is 4.39 Å². The van der Waals surface area contributed by atoms with Crippen molar-refractivity contribution in [3.05, 3.63) is 24.0 Å². The van der Waals surface area contributed by atoms with E-state index in [1.165, 1.54) is 50.7 Å². The summed E-state index contributed by atoms with van der Waals surface area (Å²) in [6.45, 7) is 2.84. The second-order valence-electron chi connectivity index (χ2n) is 4.94. The molecule has 0 fully saturated rings. The van der Waals surface area contributed by atoms with Crippen molar-refractivity contribution < 1.29 is 14.2 Å². The largest absolute Gasteiger partial charge is 0.505 e. The van der Waals surface area contributed by atoms with Crippen LogP contribution in [-0.4, -0.2) is 11.7 Å². The molecule has 1 N–H and O–H groups in total. The molecule has 0 spiro atoms. The van der Waals surface area contributed by atoms with E-state index in [1.54, 1.807) is 6.07 Å². The molecular formula is C16H25FO2. The SMILES string of the molecule is CCCCCCCCCCOc1ccc(O)c(F)c1. The zero-order valence-corrected chi connectivity index (χ0v) is 11.8. The van der Waals surface area contributed by atoms with Crippen molar-refractivity contribution in [1.82, 2.24) is 0 Å². The Balaban J connectivity index is 2.00. The lowest BCUT2D eigenvalue weighted by molar-refractivity contribution is 0.301. The van der Waals surface area contributed by atoms with E-state index in [0.717, 1.165) is 12.8 Å². The summed E-state index contributed by atoms with van der Waals surface area (Å²) in [6.07, 6.45) is 10.0. The molecule has 0 aliphatic rings. The predicted molar refractivity (Wildman–Crippen MR) is 76.2 cm³/mol. The first-order valence-corrected chi connectivity index (χ1v) is 7.35. The van der Waals surface area contributed by atoms with Gasteiger partial charge >= 0.3 is 0 Å². The van der Waals surface area contributed by atoms with E-state index in [-0.39, 0.29) is 5.75 Å². The van der Waals surface area contributed by atoms with Crippen LogP contribution in [0.1, 0.15) is 58.3 Å². The molecule has 0 aliphatic carbocycles. The van der Waals surface area contributed by atoms with Gasteiger partial charge < -0.3 is 9.84 Å². The molecule has 0 aliphatic heterocycles. The molecule has 19 heavy (non-hydrogen) atoms. The van der Waals surface area contributed by atoms with Crippen LogP contribution in [0.25, 0.3) is 0 Å². The van der Waals surface area contributed by atoms with Gasteiger partial charge in [-0.3, -0.25) is 0 Å². The lowest BCUT2D eigenvalue weighted by Crippen LogP contribution is -1.97. The van der Waals surface area contributed by atoms with Gasteiger partial charge in [0.25, 0.3) is 0 Å². The standard InChI is InChI=1S/C16H25FO2/c1-2-3-4-5-6-7-8-9-12-19-14-10-11-16(18)15(17)13-14/h10-11,13,18H,2-9,12H2,1H3. The Labute approximate surface area is 115 Å². The third-order valence-corrected chi connectivity index (χ3v) is 3.19. The van der Waals surface area contributed by atoms with E-state index >= 15 is 0 Å². The van der Waals surface area contributed by atoms with Crippen molar-refractivity contribution in [3.8, 4) is 11.5 Å². The molecule has 1 rings (SSSR count). The molecule has 0 amide bonds. The highest BCUT2D eigenvalue weighted by Gasteiger charge is 2.01. The van der Waals surface area contributed by atoms with Gasteiger partial charge in [0.1, 0.15) is 5.75 Å². The molecule has 0 saturated heterocycles. The van der Waals surface area contributed by atoms with Gasteiger partial charge in [-0.1, -0.05) is 51.9 Å². The van der Waals surface area contributed by atoms with Crippen LogP contribution in [0.3, 0.4) is 0 Å². The van der Waals surface area contributed by atoms with Crippen molar-refractivity contribution >= 4 is 0 Å². The highest BCUT2D eigenvalue weighted by Crippen LogP contribution is 2.21. The van der Waals surface area contributed by atoms with Gasteiger partial charge in [-0.15, -0.1) is 0 Å². The lowest BCUT2D eigenvalue weighted by atomic mass is 10.1. The fourth-order valence-electron chi connectivity index (χ4n) is 2.00. The molecule has 3 heteroatoms. The van der Waals surface area contributed by atoms with Gasteiger partial charge in [0, 0.05) is 6.07 Å². The summed E-state index contributed by atoms with van der Waals surface area (Å²) < 4.78 is 18.5. The van der Waals surface area contributed by atoms with E-state index in [9.17, 15) is 4.39 Å². The van der Waals surface area contributed by atoms with Crippen molar-refractivity contribution in [1.29, 1.82) is 0 Å². The first-order valence-electron chi connectivity index (χ1n) is 7.35. The first kappa shape index (κ1) is 15.8. The van der Waals surface area contributed by atoms with Gasteiger partial charge in [0.2, 0.25) is 0 Å². The molecule has 0 bridgehead atoms. The maximum Gasteiger partial charge on any atom is 0.168 e. The maximum atomic E-state index is 13.0. The number of halogens is 1. The summed E-state index contributed by atoms with van der Waals surface area (Å²) in [5.74, 6) is -0.480. The Kier molecular flexibility index (Phi) is 8.03. The van der Waals surface area contributed by atoms with E-state index in [1.807, 2.05) is 0 Å². The average Bonchev–Trinajstić information content (AvgIpc) is 2.41. The Morgan fingerprint density at radius 3 is 2.26 bits per heavy atom. The number of unbranched alkanes of at least 4 members (excludes halogenated alkanes) is 7. The van der Waals surface area contributed by atoms with Crippen molar-refractivity contribution in [2.45, 2.75) is 58.3 Å². The van der Waals surface area contributed by atoms with Gasteiger partial charge in [-0.2, -0.15) is 0 Å². The molecule has 108 valence electrons. The minimum Gasteiger partial charge on any atom is -0.505 e. The molecule has 1 aromatic rings. The van der Waals surface area contributed by atoms with Crippen LogP contribution in [0.5, 0.6) is 11.5 Å².